The standard InChI is InChI=1S/C5H11Cl.W/c1-2-3-4-5-6;/h2-5H2,1H3;. The summed E-state index contributed by atoms with van der Waals surface area (Å²) in [6.07, 6.45) is 3.73. The van der Waals surface area contributed by atoms with Crippen molar-refractivity contribution in [1.82, 2.24) is 0 Å². The molecule has 0 rings (SSSR count). The van der Waals surface area contributed by atoms with Gasteiger partial charge in [0, 0.05) is 26.9 Å². The van der Waals surface area contributed by atoms with Gasteiger partial charge in [0.05, 0.1) is 0 Å². The van der Waals surface area contributed by atoms with E-state index in [9.17, 15) is 0 Å². The smallest absolute Gasteiger partial charge is 0.0223 e. The van der Waals surface area contributed by atoms with Crippen molar-refractivity contribution in [3.8, 4) is 0 Å². The van der Waals surface area contributed by atoms with E-state index in [4.69, 9.17) is 11.6 Å². The third-order valence-corrected chi connectivity index (χ3v) is 1.00. The molecule has 0 aliphatic carbocycles. The van der Waals surface area contributed by atoms with Crippen molar-refractivity contribution in [3.05, 3.63) is 0 Å². The van der Waals surface area contributed by atoms with E-state index < -0.39 is 0 Å². The van der Waals surface area contributed by atoms with Gasteiger partial charge in [-0.05, 0) is 6.42 Å². The Morgan fingerprint density at radius 2 is 1.86 bits per heavy atom. The quantitative estimate of drug-likeness (QED) is 0.553. The van der Waals surface area contributed by atoms with Gasteiger partial charge in [-0.1, -0.05) is 19.8 Å². The molecule has 0 amide bonds. The van der Waals surface area contributed by atoms with Crippen LogP contribution in [0.15, 0.2) is 0 Å². The minimum absolute atomic E-state index is 0. The fourth-order valence-electron chi connectivity index (χ4n) is 0.344. The fourth-order valence-corrected chi connectivity index (χ4v) is 0.533. The summed E-state index contributed by atoms with van der Waals surface area (Å²) in [5.41, 5.74) is 0. The van der Waals surface area contributed by atoms with Crippen molar-refractivity contribution in [3.63, 3.8) is 0 Å². The van der Waals surface area contributed by atoms with Gasteiger partial charge in [0.15, 0.2) is 0 Å². The van der Waals surface area contributed by atoms with Crippen LogP contribution in [-0.2, 0) is 21.1 Å². The largest absolute Gasteiger partial charge is 0.127 e. The Balaban J connectivity index is 0. The van der Waals surface area contributed by atoms with Crippen LogP contribution in [0.4, 0.5) is 0 Å². The molecule has 0 unspecified atom stereocenters. The number of halogens is 1. The topological polar surface area (TPSA) is 0 Å². The molecule has 0 saturated heterocycles. The van der Waals surface area contributed by atoms with E-state index in [1.54, 1.807) is 0 Å². The molecule has 0 N–H and O–H groups in total. The zero-order chi connectivity index (χ0) is 4.83. The molecule has 0 aromatic carbocycles. The van der Waals surface area contributed by atoms with Gasteiger partial charge < -0.3 is 0 Å². The number of hydrogen-bond donors (Lipinski definition) is 0. The monoisotopic (exact) mass is 290 g/mol. The summed E-state index contributed by atoms with van der Waals surface area (Å²) in [7, 11) is 0. The first-order chi connectivity index (χ1) is 2.91. The fraction of sp³-hybridized carbons (Fsp3) is 1.00. The first kappa shape index (κ1) is 10.9. The molecule has 0 heterocycles. The van der Waals surface area contributed by atoms with Crippen LogP contribution < -0.4 is 0 Å². The maximum atomic E-state index is 5.38. The molecule has 0 nitrogen and oxygen atoms in total. The zero-order valence-corrected chi connectivity index (χ0v) is 8.30. The summed E-state index contributed by atoms with van der Waals surface area (Å²) < 4.78 is 0. The van der Waals surface area contributed by atoms with Crippen LogP contribution >= 0.6 is 11.6 Å². The van der Waals surface area contributed by atoms with E-state index in [1.165, 1.54) is 19.3 Å². The second-order valence-electron chi connectivity index (χ2n) is 1.40. The third-order valence-electron chi connectivity index (χ3n) is 0.737. The molecular weight excluding hydrogens is 279 g/mol. The molecule has 0 saturated carbocycles. The van der Waals surface area contributed by atoms with Crippen molar-refractivity contribution in [2.75, 3.05) is 5.88 Å². The Morgan fingerprint density at radius 1 is 1.29 bits per heavy atom. The van der Waals surface area contributed by atoms with Crippen LogP contribution in [0.25, 0.3) is 0 Å². The molecular formula is C5H11ClW. The summed E-state index contributed by atoms with van der Waals surface area (Å²) in [6, 6.07) is 0. The zero-order valence-electron chi connectivity index (χ0n) is 4.61. The molecule has 0 radical (unpaired) electrons. The molecule has 0 fully saturated rings. The van der Waals surface area contributed by atoms with Gasteiger partial charge >= 0.3 is 0 Å². The minimum atomic E-state index is 0. The Bertz CT molecular complexity index is 20.0. The number of alkyl halides is 1. The van der Waals surface area contributed by atoms with E-state index in [0.717, 1.165) is 5.88 Å². The van der Waals surface area contributed by atoms with E-state index in [2.05, 4.69) is 6.92 Å². The number of hydrogen-bond acceptors (Lipinski definition) is 0. The van der Waals surface area contributed by atoms with Crippen LogP contribution in [-0.4, -0.2) is 5.88 Å². The summed E-state index contributed by atoms with van der Waals surface area (Å²) in [5, 5.41) is 0. The summed E-state index contributed by atoms with van der Waals surface area (Å²) in [6.45, 7) is 2.17. The Morgan fingerprint density at radius 3 is 2.00 bits per heavy atom. The number of rotatable bonds is 3. The second-order valence-corrected chi connectivity index (χ2v) is 1.77. The van der Waals surface area contributed by atoms with Gasteiger partial charge in [-0.3, -0.25) is 0 Å². The molecule has 0 bridgehead atoms. The Labute approximate surface area is 64.9 Å². The SMILES string of the molecule is CCCCCCl.[W]. The van der Waals surface area contributed by atoms with Gasteiger partial charge in [-0.25, -0.2) is 0 Å². The molecule has 7 heavy (non-hydrogen) atoms. The summed E-state index contributed by atoms with van der Waals surface area (Å²) in [4.78, 5) is 0. The Kier molecular flexibility index (Phi) is 15.6. The molecule has 0 aliphatic heterocycles. The molecule has 2 heteroatoms. The van der Waals surface area contributed by atoms with E-state index in [-0.39, 0.29) is 21.1 Å². The van der Waals surface area contributed by atoms with Crippen molar-refractivity contribution >= 4 is 11.6 Å². The maximum Gasteiger partial charge on any atom is 0.0223 e. The predicted molar refractivity (Wildman–Crippen MR) is 30.2 cm³/mol. The maximum absolute atomic E-state index is 5.38. The third kappa shape index (κ3) is 10.9. The van der Waals surface area contributed by atoms with Crippen LogP contribution in [0, 0.1) is 0 Å². The second kappa shape index (κ2) is 10.1. The molecule has 0 aromatic rings. The average molecular weight is 290 g/mol. The van der Waals surface area contributed by atoms with Crippen LogP contribution in [0.5, 0.6) is 0 Å². The summed E-state index contributed by atoms with van der Waals surface area (Å²) >= 11 is 5.38. The predicted octanol–water partition coefficient (Wildman–Crippen LogP) is 2.41. The van der Waals surface area contributed by atoms with E-state index >= 15 is 0 Å². The molecule has 0 spiro atoms. The van der Waals surface area contributed by atoms with Gasteiger partial charge in [-0.2, -0.15) is 0 Å². The Hall–Kier alpha value is 0.978. The number of unbranched alkanes of at least 4 members (excludes halogenated alkanes) is 2. The molecule has 0 aliphatic rings. The van der Waals surface area contributed by atoms with E-state index in [1.807, 2.05) is 0 Å². The first-order valence-corrected chi connectivity index (χ1v) is 3.01. The average Bonchev–Trinajstić information content (AvgIpc) is 1.61. The minimum Gasteiger partial charge on any atom is -0.127 e. The van der Waals surface area contributed by atoms with Crippen molar-refractivity contribution in [2.45, 2.75) is 26.2 Å². The van der Waals surface area contributed by atoms with E-state index in [0.29, 0.717) is 0 Å². The van der Waals surface area contributed by atoms with Crippen LogP contribution in [0.1, 0.15) is 26.2 Å². The molecule has 44 valence electrons. The van der Waals surface area contributed by atoms with Gasteiger partial charge in [0.1, 0.15) is 0 Å². The van der Waals surface area contributed by atoms with Crippen molar-refractivity contribution < 1.29 is 21.1 Å². The van der Waals surface area contributed by atoms with Gasteiger partial charge in [0.25, 0.3) is 0 Å². The first-order valence-electron chi connectivity index (χ1n) is 2.47. The van der Waals surface area contributed by atoms with Crippen LogP contribution in [0.3, 0.4) is 0 Å². The summed E-state index contributed by atoms with van der Waals surface area (Å²) in [5.74, 6) is 0.827. The van der Waals surface area contributed by atoms with Crippen molar-refractivity contribution in [1.29, 1.82) is 0 Å². The van der Waals surface area contributed by atoms with Gasteiger partial charge in [-0.15, -0.1) is 11.6 Å². The van der Waals surface area contributed by atoms with Gasteiger partial charge in [0.2, 0.25) is 0 Å². The molecule has 0 aromatic heterocycles. The molecule has 0 atom stereocenters. The van der Waals surface area contributed by atoms with Crippen molar-refractivity contribution in [2.24, 2.45) is 0 Å². The van der Waals surface area contributed by atoms with Crippen LogP contribution in [0.2, 0.25) is 0 Å². The normalized spacial score (nSPS) is 7.71.